The van der Waals surface area contributed by atoms with Gasteiger partial charge in [-0.25, -0.2) is 4.79 Å². The van der Waals surface area contributed by atoms with Crippen molar-refractivity contribution in [2.24, 2.45) is 0 Å². The van der Waals surface area contributed by atoms with E-state index in [1.807, 2.05) is 0 Å². The molecular formula is C12H12Cl2F3NO2. The van der Waals surface area contributed by atoms with E-state index in [-0.39, 0.29) is 27.7 Å². The van der Waals surface area contributed by atoms with Crippen molar-refractivity contribution in [3.8, 4) is 0 Å². The summed E-state index contributed by atoms with van der Waals surface area (Å²) in [4.78, 5) is 12.5. The summed E-state index contributed by atoms with van der Waals surface area (Å²) in [7, 11) is 2.47. The van der Waals surface area contributed by atoms with Crippen molar-refractivity contribution in [1.82, 2.24) is 4.90 Å². The van der Waals surface area contributed by atoms with E-state index in [0.29, 0.717) is 0 Å². The van der Waals surface area contributed by atoms with Crippen molar-refractivity contribution in [3.63, 3.8) is 0 Å². The van der Waals surface area contributed by atoms with E-state index < -0.39 is 18.7 Å². The zero-order valence-electron chi connectivity index (χ0n) is 10.7. The predicted octanol–water partition coefficient (Wildman–Crippen LogP) is 3.77. The second-order valence-corrected chi connectivity index (χ2v) is 4.95. The summed E-state index contributed by atoms with van der Waals surface area (Å²) in [6.07, 6.45) is -4.33. The minimum Gasteiger partial charge on any atom is -0.465 e. The number of hydrogen-bond acceptors (Lipinski definition) is 3. The average Bonchev–Trinajstić information content (AvgIpc) is 2.31. The molecule has 0 spiro atoms. The quantitative estimate of drug-likeness (QED) is 0.787. The van der Waals surface area contributed by atoms with Gasteiger partial charge in [-0.3, -0.25) is 4.90 Å². The number of ether oxygens (including phenoxy) is 1. The number of carbonyl (C=O) groups excluding carboxylic acids is 1. The Morgan fingerprint density at radius 1 is 1.35 bits per heavy atom. The first-order valence-electron chi connectivity index (χ1n) is 5.46. The zero-order chi connectivity index (χ0) is 15.5. The number of alkyl halides is 3. The van der Waals surface area contributed by atoms with Gasteiger partial charge >= 0.3 is 12.1 Å². The fraction of sp³-hybridized carbons (Fsp3) is 0.417. The largest absolute Gasteiger partial charge is 0.465 e. The summed E-state index contributed by atoms with van der Waals surface area (Å²) in [6, 6.07) is 2.76. The fourth-order valence-corrected chi connectivity index (χ4v) is 2.21. The average molecular weight is 330 g/mol. The van der Waals surface area contributed by atoms with E-state index in [2.05, 4.69) is 4.74 Å². The molecule has 0 bridgehead atoms. The maximum atomic E-state index is 12.3. The van der Waals surface area contributed by atoms with Crippen molar-refractivity contribution in [1.29, 1.82) is 0 Å². The Kier molecular flexibility index (Phi) is 5.68. The molecule has 3 nitrogen and oxygen atoms in total. The van der Waals surface area contributed by atoms with Crippen molar-refractivity contribution >= 4 is 29.2 Å². The monoisotopic (exact) mass is 329 g/mol. The number of hydrogen-bond donors (Lipinski definition) is 0. The summed E-state index contributed by atoms with van der Waals surface area (Å²) < 4.78 is 41.4. The Morgan fingerprint density at radius 2 is 1.95 bits per heavy atom. The minimum absolute atomic E-state index is 0.00151. The second-order valence-electron chi connectivity index (χ2n) is 4.17. The molecule has 1 aromatic carbocycles. The molecule has 8 heteroatoms. The third-order valence-electron chi connectivity index (χ3n) is 2.47. The van der Waals surface area contributed by atoms with Crippen LogP contribution in [0.2, 0.25) is 10.0 Å². The highest BCUT2D eigenvalue weighted by atomic mass is 35.5. The summed E-state index contributed by atoms with van der Waals surface area (Å²) in [5.41, 5.74) is 0.317. The highest BCUT2D eigenvalue weighted by Gasteiger charge is 2.30. The maximum absolute atomic E-state index is 12.3. The van der Waals surface area contributed by atoms with Crippen molar-refractivity contribution in [3.05, 3.63) is 33.3 Å². The topological polar surface area (TPSA) is 29.5 Å². The molecule has 0 unspecified atom stereocenters. The van der Waals surface area contributed by atoms with E-state index in [1.54, 1.807) is 0 Å². The molecule has 0 fully saturated rings. The van der Waals surface area contributed by atoms with Crippen molar-refractivity contribution in [2.45, 2.75) is 12.7 Å². The van der Waals surface area contributed by atoms with Crippen LogP contribution in [-0.2, 0) is 11.3 Å². The number of nitrogens with zero attached hydrogens (tertiary/aromatic N) is 1. The Morgan fingerprint density at radius 3 is 2.45 bits per heavy atom. The zero-order valence-corrected chi connectivity index (χ0v) is 12.2. The van der Waals surface area contributed by atoms with E-state index in [0.717, 1.165) is 4.90 Å². The van der Waals surface area contributed by atoms with Crippen LogP contribution in [0.3, 0.4) is 0 Å². The lowest BCUT2D eigenvalue weighted by molar-refractivity contribution is -0.144. The molecular weight excluding hydrogens is 318 g/mol. The lowest BCUT2D eigenvalue weighted by Crippen LogP contribution is -2.30. The molecule has 0 heterocycles. The Balaban J connectivity index is 3.03. The molecule has 1 rings (SSSR count). The highest BCUT2D eigenvalue weighted by molar-refractivity contribution is 6.37. The molecule has 112 valence electrons. The van der Waals surface area contributed by atoms with Crippen LogP contribution in [0.5, 0.6) is 0 Å². The molecule has 0 amide bonds. The molecule has 0 radical (unpaired) electrons. The van der Waals surface area contributed by atoms with Crippen LogP contribution in [0.15, 0.2) is 12.1 Å². The van der Waals surface area contributed by atoms with Gasteiger partial charge in [0.1, 0.15) is 0 Å². The Labute approximate surface area is 124 Å². The number of esters is 1. The van der Waals surface area contributed by atoms with Crippen LogP contribution in [-0.4, -0.2) is 37.7 Å². The van der Waals surface area contributed by atoms with E-state index in [1.165, 1.54) is 26.3 Å². The van der Waals surface area contributed by atoms with Crippen molar-refractivity contribution in [2.75, 3.05) is 20.7 Å². The SMILES string of the molecule is COC(=O)c1ccc(Cl)c(CN(C)CC(F)(F)F)c1Cl. The minimum atomic E-state index is -4.33. The van der Waals surface area contributed by atoms with Gasteiger partial charge in [-0.15, -0.1) is 0 Å². The van der Waals surface area contributed by atoms with E-state index in [9.17, 15) is 18.0 Å². The molecule has 0 aliphatic heterocycles. The van der Waals surface area contributed by atoms with Crippen molar-refractivity contribution < 1.29 is 22.7 Å². The third-order valence-corrected chi connectivity index (χ3v) is 3.25. The Bertz CT molecular complexity index is 506. The van der Waals surface area contributed by atoms with Crippen LogP contribution in [0.25, 0.3) is 0 Å². The fourth-order valence-electron chi connectivity index (χ4n) is 1.64. The molecule has 0 saturated heterocycles. The first kappa shape index (κ1) is 17.1. The van der Waals surface area contributed by atoms with Gasteiger partial charge in [0.2, 0.25) is 0 Å². The van der Waals surface area contributed by atoms with Gasteiger partial charge in [-0.2, -0.15) is 13.2 Å². The van der Waals surface area contributed by atoms with Crippen LogP contribution in [0.4, 0.5) is 13.2 Å². The summed E-state index contributed by atoms with van der Waals surface area (Å²) in [6.45, 7) is -1.25. The van der Waals surface area contributed by atoms with Gasteiger partial charge in [-0.05, 0) is 19.2 Å². The van der Waals surface area contributed by atoms with Gasteiger partial charge in [0.15, 0.2) is 0 Å². The van der Waals surface area contributed by atoms with Crippen LogP contribution < -0.4 is 0 Å². The highest BCUT2D eigenvalue weighted by Crippen LogP contribution is 2.30. The molecule has 0 aliphatic rings. The molecule has 0 aliphatic carbocycles. The lowest BCUT2D eigenvalue weighted by atomic mass is 10.1. The maximum Gasteiger partial charge on any atom is 0.401 e. The number of benzene rings is 1. The summed E-state index contributed by atoms with van der Waals surface area (Å²) >= 11 is 11.9. The van der Waals surface area contributed by atoms with Gasteiger partial charge in [0, 0.05) is 17.1 Å². The summed E-state index contributed by atoms with van der Waals surface area (Å²) in [5, 5.41) is 0.190. The number of rotatable bonds is 4. The van der Waals surface area contributed by atoms with E-state index in [4.69, 9.17) is 23.2 Å². The Hall–Kier alpha value is -0.980. The smallest absolute Gasteiger partial charge is 0.401 e. The molecule has 0 aromatic heterocycles. The van der Waals surface area contributed by atoms with Gasteiger partial charge in [0.05, 0.1) is 24.2 Å². The number of carbonyl (C=O) groups is 1. The normalized spacial score (nSPS) is 11.8. The molecule has 0 saturated carbocycles. The van der Waals surface area contributed by atoms with Gasteiger partial charge in [-0.1, -0.05) is 23.2 Å². The molecule has 1 aromatic rings. The van der Waals surface area contributed by atoms with E-state index >= 15 is 0 Å². The first-order valence-corrected chi connectivity index (χ1v) is 6.21. The first-order chi connectivity index (χ1) is 9.15. The predicted molar refractivity (Wildman–Crippen MR) is 70.2 cm³/mol. The van der Waals surface area contributed by atoms with Gasteiger partial charge < -0.3 is 4.74 Å². The molecule has 0 N–H and O–H groups in total. The second kappa shape index (κ2) is 6.65. The summed E-state index contributed by atoms with van der Waals surface area (Å²) in [5.74, 6) is -0.675. The standard InChI is InChI=1S/C12H12Cl2F3NO2/c1-18(6-12(15,16)17)5-8-9(13)4-3-7(10(8)14)11(19)20-2/h3-4H,5-6H2,1-2H3. The van der Waals surface area contributed by atoms with Crippen LogP contribution in [0.1, 0.15) is 15.9 Å². The van der Waals surface area contributed by atoms with Gasteiger partial charge in [0.25, 0.3) is 0 Å². The number of methoxy groups -OCH3 is 1. The van der Waals surface area contributed by atoms with Crippen LogP contribution >= 0.6 is 23.2 Å². The lowest BCUT2D eigenvalue weighted by Gasteiger charge is -2.20. The molecule has 0 atom stereocenters. The molecule has 20 heavy (non-hydrogen) atoms. The van der Waals surface area contributed by atoms with Crippen LogP contribution in [0, 0.1) is 0 Å². The number of halogens is 5. The third kappa shape index (κ3) is 4.54.